The van der Waals surface area contributed by atoms with E-state index in [1.54, 1.807) is 0 Å². The molecule has 192 valence electrons. The zero-order valence-electron chi connectivity index (χ0n) is 24.0. The lowest BCUT2D eigenvalue weighted by atomic mass is 9.82. The van der Waals surface area contributed by atoms with Crippen LogP contribution in [0, 0.1) is 0 Å². The van der Waals surface area contributed by atoms with Crippen molar-refractivity contribution in [1.29, 1.82) is 0 Å². The van der Waals surface area contributed by atoms with E-state index < -0.39 is 16.1 Å². The van der Waals surface area contributed by atoms with Gasteiger partial charge in [0, 0.05) is 58.1 Å². The largest absolute Gasteiger partial charge is 0.347 e. The van der Waals surface area contributed by atoms with Crippen LogP contribution >= 0.6 is 0 Å². The highest BCUT2D eigenvalue weighted by Crippen LogP contribution is 2.49. The molecule has 0 fully saturated rings. The van der Waals surface area contributed by atoms with E-state index >= 15 is 0 Å². The van der Waals surface area contributed by atoms with Gasteiger partial charge in [-0.05, 0) is 23.3 Å². The molecule has 3 nitrogen and oxygen atoms in total. The summed E-state index contributed by atoms with van der Waals surface area (Å²) >= 11 is 0. The second kappa shape index (κ2) is 8.88. The Bertz CT molecular complexity index is 1150. The summed E-state index contributed by atoms with van der Waals surface area (Å²) in [5.41, 5.74) is 6.95. The average Bonchev–Trinajstić information content (AvgIpc) is 3.07. The maximum absolute atomic E-state index is 13.9. The third kappa shape index (κ3) is 4.92. The van der Waals surface area contributed by atoms with Crippen LogP contribution in [0.15, 0.2) is 72.1 Å². The minimum absolute atomic E-state index is 0.0860. The number of carbonyl (C=O) groups is 1. The summed E-state index contributed by atoms with van der Waals surface area (Å²) in [6, 6.07) is 17.3. The standard InChI is InChI=1S/C31H44N2OSi2/c1-30(2)24-15-11-13-17-26(24)32(21-35(5,6)7)28(30)19-23(34)20-29-31(3,4)25-16-12-14-18-27(25)33(29)22-36(8,9)10/h11-20H,21-22H2,1-10H3/b28-19+,29-20+. The number of fused-ring (bicyclic) bond motifs is 2. The van der Waals surface area contributed by atoms with Gasteiger partial charge in [-0.25, -0.2) is 0 Å². The van der Waals surface area contributed by atoms with Crippen molar-refractivity contribution in [3.63, 3.8) is 0 Å². The van der Waals surface area contributed by atoms with Gasteiger partial charge in [-0.1, -0.05) is 103 Å². The minimum Gasteiger partial charge on any atom is -0.347 e. The maximum Gasteiger partial charge on any atom is 0.182 e. The van der Waals surface area contributed by atoms with Crippen molar-refractivity contribution in [3.8, 4) is 0 Å². The summed E-state index contributed by atoms with van der Waals surface area (Å²) in [6.45, 7) is 23.4. The highest BCUT2D eigenvalue weighted by Gasteiger charge is 2.43. The Morgan fingerprint density at radius 3 is 1.33 bits per heavy atom. The zero-order chi connectivity index (χ0) is 26.7. The number of hydrogen-bond donors (Lipinski definition) is 0. The van der Waals surface area contributed by atoms with E-state index in [2.05, 4.69) is 125 Å². The third-order valence-electron chi connectivity index (χ3n) is 7.42. The summed E-state index contributed by atoms with van der Waals surface area (Å²) in [7, 11) is -2.86. The van der Waals surface area contributed by atoms with Gasteiger partial charge in [0.1, 0.15) is 0 Å². The molecule has 0 atom stereocenters. The highest BCUT2D eigenvalue weighted by atomic mass is 28.3. The SMILES string of the molecule is CC1(C)/C(=C\C(=O)/C=C2/N(C[Si](C)(C)C)c3ccccc3C2(C)C)N(C[Si](C)(C)C)c2ccccc21. The first kappa shape index (κ1) is 26.7. The lowest BCUT2D eigenvalue weighted by Gasteiger charge is -2.32. The first-order chi connectivity index (χ1) is 16.5. The van der Waals surface area contributed by atoms with Crippen LogP contribution in [0.3, 0.4) is 0 Å². The fourth-order valence-corrected chi connectivity index (χ4v) is 8.38. The summed E-state index contributed by atoms with van der Waals surface area (Å²) in [6.07, 6.45) is 5.86. The van der Waals surface area contributed by atoms with Crippen LogP contribution in [0.25, 0.3) is 0 Å². The van der Waals surface area contributed by atoms with Crippen molar-refractivity contribution in [2.45, 2.75) is 77.8 Å². The lowest BCUT2D eigenvalue weighted by Crippen LogP contribution is -2.41. The molecule has 0 N–H and O–H groups in total. The van der Waals surface area contributed by atoms with Gasteiger partial charge < -0.3 is 9.80 Å². The van der Waals surface area contributed by atoms with Crippen molar-refractivity contribution in [3.05, 3.63) is 83.2 Å². The van der Waals surface area contributed by atoms with Crippen molar-refractivity contribution >= 4 is 33.3 Å². The monoisotopic (exact) mass is 516 g/mol. The van der Waals surface area contributed by atoms with Gasteiger partial charge in [-0.2, -0.15) is 0 Å². The number of benzene rings is 2. The number of carbonyl (C=O) groups excluding carboxylic acids is 1. The van der Waals surface area contributed by atoms with Gasteiger partial charge in [0.15, 0.2) is 5.78 Å². The molecule has 36 heavy (non-hydrogen) atoms. The fraction of sp³-hybridized carbons (Fsp3) is 0.452. The Morgan fingerprint density at radius 1 is 0.667 bits per heavy atom. The lowest BCUT2D eigenvalue weighted by molar-refractivity contribution is -0.110. The van der Waals surface area contributed by atoms with Crippen LogP contribution in [0.4, 0.5) is 11.4 Å². The van der Waals surface area contributed by atoms with Crippen LogP contribution in [-0.2, 0) is 15.6 Å². The molecule has 4 rings (SSSR count). The average molecular weight is 517 g/mol. The molecule has 2 aromatic carbocycles. The molecule has 5 heteroatoms. The fourth-order valence-electron chi connectivity index (χ4n) is 5.80. The predicted octanol–water partition coefficient (Wildman–Crippen LogP) is 7.67. The van der Waals surface area contributed by atoms with Gasteiger partial charge in [0.2, 0.25) is 0 Å². The Hall–Kier alpha value is -2.38. The van der Waals surface area contributed by atoms with Crippen molar-refractivity contribution in [1.82, 2.24) is 0 Å². The first-order valence-corrected chi connectivity index (χ1v) is 20.7. The molecule has 0 saturated carbocycles. The molecule has 0 unspecified atom stereocenters. The Kier molecular flexibility index (Phi) is 6.58. The maximum atomic E-state index is 13.9. The van der Waals surface area contributed by atoms with E-state index in [-0.39, 0.29) is 16.6 Å². The molecule has 0 bridgehead atoms. The van der Waals surface area contributed by atoms with Crippen molar-refractivity contribution < 1.29 is 4.79 Å². The molecular weight excluding hydrogens is 473 g/mol. The summed E-state index contributed by atoms with van der Waals surface area (Å²) < 4.78 is 0. The van der Waals surface area contributed by atoms with Gasteiger partial charge >= 0.3 is 0 Å². The molecule has 2 aromatic rings. The number of para-hydroxylation sites is 2. The zero-order valence-corrected chi connectivity index (χ0v) is 26.0. The molecule has 2 heterocycles. The first-order valence-electron chi connectivity index (χ1n) is 13.2. The van der Waals surface area contributed by atoms with Gasteiger partial charge in [0.25, 0.3) is 0 Å². The Labute approximate surface area is 220 Å². The predicted molar refractivity (Wildman–Crippen MR) is 161 cm³/mol. The van der Waals surface area contributed by atoms with E-state index in [0.29, 0.717) is 0 Å². The number of hydrogen-bond acceptors (Lipinski definition) is 3. The molecular formula is C31H44N2OSi2. The van der Waals surface area contributed by atoms with Crippen LogP contribution in [0.1, 0.15) is 38.8 Å². The normalized spacial score (nSPS) is 20.7. The number of rotatable bonds is 6. The van der Waals surface area contributed by atoms with E-state index in [9.17, 15) is 4.79 Å². The van der Waals surface area contributed by atoms with Crippen LogP contribution < -0.4 is 9.80 Å². The number of ketones is 1. The molecule has 2 aliphatic rings. The van der Waals surface area contributed by atoms with Gasteiger partial charge in [0.05, 0.1) is 16.1 Å². The molecule has 2 aliphatic heterocycles. The Balaban J connectivity index is 1.80. The molecule has 0 saturated heterocycles. The van der Waals surface area contributed by atoms with E-state index in [1.807, 2.05) is 12.2 Å². The van der Waals surface area contributed by atoms with Gasteiger partial charge in [-0.15, -0.1) is 0 Å². The highest BCUT2D eigenvalue weighted by molar-refractivity contribution is 6.77. The van der Waals surface area contributed by atoms with Crippen LogP contribution in [-0.4, -0.2) is 34.3 Å². The van der Waals surface area contributed by atoms with Crippen molar-refractivity contribution in [2.75, 3.05) is 22.1 Å². The summed E-state index contributed by atoms with van der Waals surface area (Å²) in [4.78, 5) is 18.7. The quantitative estimate of drug-likeness (QED) is 0.291. The van der Waals surface area contributed by atoms with E-state index in [0.717, 1.165) is 23.7 Å². The summed E-state index contributed by atoms with van der Waals surface area (Å²) in [5, 5.41) is 0. The number of anilines is 2. The number of nitrogens with zero attached hydrogens (tertiary/aromatic N) is 2. The van der Waals surface area contributed by atoms with Gasteiger partial charge in [-0.3, -0.25) is 4.79 Å². The van der Waals surface area contributed by atoms with Crippen LogP contribution in [0.5, 0.6) is 0 Å². The Morgan fingerprint density at radius 2 is 1.00 bits per heavy atom. The molecule has 0 aliphatic carbocycles. The van der Waals surface area contributed by atoms with E-state index in [4.69, 9.17) is 0 Å². The molecule has 0 aromatic heterocycles. The smallest absolute Gasteiger partial charge is 0.182 e. The van der Waals surface area contributed by atoms with E-state index in [1.165, 1.54) is 22.5 Å². The van der Waals surface area contributed by atoms with Crippen molar-refractivity contribution in [2.24, 2.45) is 0 Å². The number of allylic oxidation sites excluding steroid dienone is 4. The second-order valence-corrected chi connectivity index (χ2v) is 24.9. The third-order valence-corrected chi connectivity index (χ3v) is 9.95. The minimum atomic E-state index is -1.43. The van der Waals surface area contributed by atoms with Crippen LogP contribution in [0.2, 0.25) is 39.3 Å². The second-order valence-electron chi connectivity index (χ2n) is 14.0. The summed E-state index contributed by atoms with van der Waals surface area (Å²) in [5.74, 6) is 0.0860. The molecule has 0 spiro atoms. The molecule has 0 radical (unpaired) electrons. The topological polar surface area (TPSA) is 23.6 Å². The molecule has 0 amide bonds.